The molecule has 0 radical (unpaired) electrons. The van der Waals surface area contributed by atoms with E-state index in [0.29, 0.717) is 24.3 Å². The third-order valence-corrected chi connectivity index (χ3v) is 7.13. The first-order valence-electron chi connectivity index (χ1n) is 11.7. The molecule has 2 heterocycles. The van der Waals surface area contributed by atoms with Crippen LogP contribution in [0, 0.1) is 0 Å². The summed E-state index contributed by atoms with van der Waals surface area (Å²) in [5.74, 6) is -0.179. The van der Waals surface area contributed by atoms with Gasteiger partial charge in [0.2, 0.25) is 10.0 Å². The number of aromatic nitrogens is 1. The fourth-order valence-electron chi connectivity index (χ4n) is 3.81. The van der Waals surface area contributed by atoms with Crippen LogP contribution in [-0.4, -0.2) is 64.5 Å². The highest BCUT2D eigenvalue weighted by atomic mass is 32.2. The highest BCUT2D eigenvalue weighted by molar-refractivity contribution is 7.92. The molecule has 34 heavy (non-hydrogen) atoms. The highest BCUT2D eigenvalue weighted by Crippen LogP contribution is 2.33. The minimum absolute atomic E-state index is 0.0198. The maximum Gasteiger partial charge on any atom is 0.347 e. The zero-order valence-electron chi connectivity index (χ0n) is 20.1. The van der Waals surface area contributed by atoms with E-state index in [1.165, 1.54) is 7.11 Å². The highest BCUT2D eigenvalue weighted by Gasteiger charge is 2.24. The normalized spacial score (nSPS) is 15.0. The Hall–Kier alpha value is -3.01. The van der Waals surface area contributed by atoms with Crippen LogP contribution >= 0.6 is 0 Å². The van der Waals surface area contributed by atoms with Crippen molar-refractivity contribution in [1.82, 2.24) is 4.98 Å². The van der Waals surface area contributed by atoms with Gasteiger partial charge in [-0.05, 0) is 43.2 Å². The van der Waals surface area contributed by atoms with Crippen LogP contribution in [0.2, 0.25) is 0 Å². The Morgan fingerprint density at radius 2 is 1.71 bits per heavy atom. The largest absolute Gasteiger partial charge is 0.477 e. The molecule has 1 saturated heterocycles. The van der Waals surface area contributed by atoms with E-state index in [9.17, 15) is 13.2 Å². The number of anilines is 3. The van der Waals surface area contributed by atoms with Gasteiger partial charge in [0, 0.05) is 49.9 Å². The van der Waals surface area contributed by atoms with Crippen molar-refractivity contribution in [2.45, 2.75) is 39.2 Å². The van der Waals surface area contributed by atoms with Crippen molar-refractivity contribution in [3.05, 3.63) is 42.7 Å². The molecule has 0 amide bonds. The van der Waals surface area contributed by atoms with Gasteiger partial charge in [0.15, 0.2) is 6.10 Å². The van der Waals surface area contributed by atoms with Gasteiger partial charge in [-0.2, -0.15) is 0 Å². The third kappa shape index (κ3) is 6.75. The SMILES string of the molecule is CCCCS(=O)(=O)Nc1cc(N2CCN(c3ccncc3)CC2)ccc1OC(CC)C(=O)OC. The molecule has 1 fully saturated rings. The molecule has 1 aromatic carbocycles. The van der Waals surface area contributed by atoms with Crippen LogP contribution in [0.25, 0.3) is 0 Å². The summed E-state index contributed by atoms with van der Waals surface area (Å²) in [5.41, 5.74) is 2.35. The smallest absolute Gasteiger partial charge is 0.347 e. The number of hydrogen-bond acceptors (Lipinski definition) is 8. The fraction of sp³-hybridized carbons (Fsp3) is 0.500. The lowest BCUT2D eigenvalue weighted by Crippen LogP contribution is -2.46. The number of unbranched alkanes of at least 4 members (excludes halogenated alkanes) is 1. The van der Waals surface area contributed by atoms with Gasteiger partial charge < -0.3 is 19.3 Å². The number of hydrogen-bond donors (Lipinski definition) is 1. The molecule has 2 aromatic rings. The molecule has 1 aliphatic rings. The zero-order valence-corrected chi connectivity index (χ0v) is 20.9. The maximum absolute atomic E-state index is 12.7. The van der Waals surface area contributed by atoms with Crippen LogP contribution in [0.15, 0.2) is 42.7 Å². The predicted molar refractivity (Wildman–Crippen MR) is 134 cm³/mol. The van der Waals surface area contributed by atoms with Gasteiger partial charge in [-0.1, -0.05) is 20.3 Å². The van der Waals surface area contributed by atoms with Crippen LogP contribution in [-0.2, 0) is 19.6 Å². The summed E-state index contributed by atoms with van der Waals surface area (Å²) >= 11 is 0. The number of nitrogens with zero attached hydrogens (tertiary/aromatic N) is 3. The molecule has 0 spiro atoms. The first-order valence-corrected chi connectivity index (χ1v) is 13.3. The number of sulfonamides is 1. The zero-order chi connectivity index (χ0) is 24.6. The summed E-state index contributed by atoms with van der Waals surface area (Å²) in [6.45, 7) is 6.98. The van der Waals surface area contributed by atoms with Crippen LogP contribution in [0.1, 0.15) is 33.1 Å². The summed E-state index contributed by atoms with van der Waals surface area (Å²) in [6, 6.07) is 9.39. The average molecular weight is 491 g/mol. The van der Waals surface area contributed by atoms with Gasteiger partial charge in [-0.25, -0.2) is 13.2 Å². The molecule has 0 saturated carbocycles. The van der Waals surface area contributed by atoms with E-state index in [1.807, 2.05) is 32.0 Å². The Kier molecular flexibility index (Phi) is 8.98. The average Bonchev–Trinajstić information content (AvgIpc) is 2.86. The van der Waals surface area contributed by atoms with Gasteiger partial charge in [0.25, 0.3) is 0 Å². The van der Waals surface area contributed by atoms with Crippen molar-refractivity contribution in [2.75, 3.05) is 53.6 Å². The van der Waals surface area contributed by atoms with Crippen molar-refractivity contribution in [2.24, 2.45) is 0 Å². The summed E-state index contributed by atoms with van der Waals surface area (Å²) in [6.07, 6.45) is 4.48. The Morgan fingerprint density at radius 3 is 2.29 bits per heavy atom. The number of piperazine rings is 1. The maximum atomic E-state index is 12.7. The van der Waals surface area contributed by atoms with Gasteiger partial charge in [-0.15, -0.1) is 0 Å². The number of methoxy groups -OCH3 is 1. The minimum Gasteiger partial charge on any atom is -0.477 e. The summed E-state index contributed by atoms with van der Waals surface area (Å²) in [4.78, 5) is 20.6. The number of ether oxygens (including phenoxy) is 2. The molecule has 10 heteroatoms. The number of nitrogens with one attached hydrogen (secondary N) is 1. The van der Waals surface area contributed by atoms with E-state index in [1.54, 1.807) is 24.5 Å². The van der Waals surface area contributed by atoms with E-state index in [-0.39, 0.29) is 5.75 Å². The molecular weight excluding hydrogens is 456 g/mol. The van der Waals surface area contributed by atoms with Gasteiger partial charge in [0.05, 0.1) is 18.6 Å². The molecule has 1 unspecified atom stereocenters. The first-order chi connectivity index (χ1) is 16.4. The van der Waals surface area contributed by atoms with Gasteiger partial charge in [0.1, 0.15) is 5.75 Å². The molecule has 1 aliphatic heterocycles. The molecule has 3 rings (SSSR count). The second-order valence-electron chi connectivity index (χ2n) is 8.17. The van der Waals surface area contributed by atoms with E-state index >= 15 is 0 Å². The third-order valence-electron chi connectivity index (χ3n) is 5.77. The Bertz CT molecular complexity index is 1040. The molecule has 186 valence electrons. The Labute approximate surface area is 202 Å². The number of benzene rings is 1. The molecule has 1 atom stereocenters. The second-order valence-corrected chi connectivity index (χ2v) is 10.0. The van der Waals surface area contributed by atoms with Crippen molar-refractivity contribution < 1.29 is 22.7 Å². The Balaban J connectivity index is 1.81. The van der Waals surface area contributed by atoms with E-state index in [4.69, 9.17) is 9.47 Å². The van der Waals surface area contributed by atoms with E-state index < -0.39 is 22.1 Å². The molecule has 0 aliphatic carbocycles. The van der Waals surface area contributed by atoms with Crippen LogP contribution < -0.4 is 19.3 Å². The lowest BCUT2D eigenvalue weighted by atomic mass is 10.2. The van der Waals surface area contributed by atoms with E-state index in [0.717, 1.165) is 44.0 Å². The number of carbonyl (C=O) groups excluding carboxylic acids is 1. The fourth-order valence-corrected chi connectivity index (χ4v) is 5.08. The van der Waals surface area contributed by atoms with E-state index in [2.05, 4.69) is 19.5 Å². The lowest BCUT2D eigenvalue weighted by molar-refractivity contribution is -0.148. The number of carbonyl (C=O) groups is 1. The summed E-state index contributed by atoms with van der Waals surface area (Å²) in [5, 5.41) is 0. The predicted octanol–water partition coefficient (Wildman–Crippen LogP) is 3.28. The number of esters is 1. The van der Waals surface area contributed by atoms with Crippen LogP contribution in [0.3, 0.4) is 0 Å². The Morgan fingerprint density at radius 1 is 1.06 bits per heavy atom. The topological polar surface area (TPSA) is 101 Å². The molecule has 9 nitrogen and oxygen atoms in total. The van der Waals surface area contributed by atoms with Crippen LogP contribution in [0.4, 0.5) is 17.1 Å². The second kappa shape index (κ2) is 11.9. The minimum atomic E-state index is -3.56. The quantitative estimate of drug-likeness (QED) is 0.479. The first kappa shape index (κ1) is 25.6. The molecule has 1 aromatic heterocycles. The number of rotatable bonds is 11. The van der Waals surface area contributed by atoms with Crippen LogP contribution in [0.5, 0.6) is 5.75 Å². The van der Waals surface area contributed by atoms with Gasteiger partial charge in [-0.3, -0.25) is 9.71 Å². The standard InChI is InChI=1S/C24H34N4O5S/c1-4-6-17-34(30,31)26-21-18-20(7-8-23(21)33-22(5-2)24(29)32-3)28-15-13-27(14-16-28)19-9-11-25-12-10-19/h7-12,18,22,26H,4-6,13-17H2,1-3H3. The molecule has 1 N–H and O–H groups in total. The van der Waals surface area contributed by atoms with Crippen molar-refractivity contribution in [1.29, 1.82) is 0 Å². The van der Waals surface area contributed by atoms with Gasteiger partial charge >= 0.3 is 5.97 Å². The van der Waals surface area contributed by atoms with Crippen molar-refractivity contribution >= 4 is 33.1 Å². The lowest BCUT2D eigenvalue weighted by Gasteiger charge is -2.37. The number of pyridine rings is 1. The summed E-state index contributed by atoms with van der Waals surface area (Å²) < 4.78 is 38.7. The van der Waals surface area contributed by atoms with Crippen molar-refractivity contribution in [3.8, 4) is 5.75 Å². The molecule has 0 bridgehead atoms. The van der Waals surface area contributed by atoms with Crippen molar-refractivity contribution in [3.63, 3.8) is 0 Å². The monoisotopic (exact) mass is 490 g/mol. The summed E-state index contributed by atoms with van der Waals surface area (Å²) in [7, 11) is -2.26. The molecular formula is C24H34N4O5S.